The molecular weight excluding hydrogens is 575 g/mol. The highest BCUT2D eigenvalue weighted by molar-refractivity contribution is 7.00. The number of furan rings is 2. The predicted molar refractivity (Wildman–Crippen MR) is 194 cm³/mol. The molecular formula is C42H21BN2O2. The van der Waals surface area contributed by atoms with Gasteiger partial charge in [0.2, 0.25) is 0 Å². The Labute approximate surface area is 266 Å². The van der Waals surface area contributed by atoms with Crippen molar-refractivity contribution in [2.24, 2.45) is 0 Å². The number of nitrogens with zero attached hydrogens (tertiary/aromatic N) is 2. The average molecular weight is 596 g/mol. The van der Waals surface area contributed by atoms with E-state index in [1.807, 2.05) is 0 Å². The van der Waals surface area contributed by atoms with Crippen LogP contribution >= 0.6 is 0 Å². The Hall–Kier alpha value is -6.20. The molecule has 0 fully saturated rings. The summed E-state index contributed by atoms with van der Waals surface area (Å²) in [6.45, 7) is -0.00458. The van der Waals surface area contributed by atoms with Gasteiger partial charge in [-0.1, -0.05) is 78.9 Å². The van der Waals surface area contributed by atoms with Gasteiger partial charge in [-0.2, -0.15) is 0 Å². The van der Waals surface area contributed by atoms with Crippen LogP contribution in [-0.2, 0) is 0 Å². The van der Waals surface area contributed by atoms with E-state index < -0.39 is 0 Å². The van der Waals surface area contributed by atoms with Crippen molar-refractivity contribution in [3.63, 3.8) is 0 Å². The van der Waals surface area contributed by atoms with Gasteiger partial charge in [-0.25, -0.2) is 0 Å². The van der Waals surface area contributed by atoms with Gasteiger partial charge >= 0.3 is 0 Å². The van der Waals surface area contributed by atoms with E-state index in [1.54, 1.807) is 0 Å². The van der Waals surface area contributed by atoms with Crippen LogP contribution in [0.1, 0.15) is 0 Å². The third-order valence-electron chi connectivity index (χ3n) is 11.1. The molecule has 2 aliphatic rings. The highest BCUT2D eigenvalue weighted by Crippen LogP contribution is 2.45. The lowest BCUT2D eigenvalue weighted by Crippen LogP contribution is -2.59. The minimum absolute atomic E-state index is 0.00458. The van der Waals surface area contributed by atoms with E-state index in [-0.39, 0.29) is 6.71 Å². The number of hydrogen-bond acceptors (Lipinski definition) is 2. The fourth-order valence-corrected chi connectivity index (χ4v) is 9.45. The lowest BCUT2D eigenvalue weighted by molar-refractivity contribution is 0.669. The van der Waals surface area contributed by atoms with Crippen molar-refractivity contribution in [2.45, 2.75) is 0 Å². The van der Waals surface area contributed by atoms with Gasteiger partial charge in [0, 0.05) is 54.5 Å². The molecule has 0 N–H and O–H groups in total. The Morgan fingerprint density at radius 1 is 0.404 bits per heavy atom. The van der Waals surface area contributed by atoms with Gasteiger partial charge in [0.15, 0.2) is 0 Å². The van der Waals surface area contributed by atoms with Crippen molar-refractivity contribution < 1.29 is 8.83 Å². The second-order valence-corrected chi connectivity index (χ2v) is 13.2. The van der Waals surface area contributed by atoms with Gasteiger partial charge in [-0.15, -0.1) is 0 Å². The highest BCUT2D eigenvalue weighted by atomic mass is 16.3. The summed E-state index contributed by atoms with van der Waals surface area (Å²) >= 11 is 0. The van der Waals surface area contributed by atoms with Gasteiger partial charge in [0.1, 0.15) is 22.3 Å². The predicted octanol–water partition coefficient (Wildman–Crippen LogP) is 8.82. The number of fused-ring (bicyclic) bond motifs is 18. The maximum absolute atomic E-state index is 6.68. The Bertz CT molecular complexity index is 3050. The summed E-state index contributed by atoms with van der Waals surface area (Å²) < 4.78 is 18.4. The lowest BCUT2D eigenvalue weighted by atomic mass is 9.34. The molecule has 0 radical (unpaired) electrons. The van der Waals surface area contributed by atoms with Crippen LogP contribution in [0, 0.1) is 0 Å². The Morgan fingerprint density at radius 3 is 1.36 bits per heavy atom. The molecule has 6 heterocycles. The van der Waals surface area contributed by atoms with Gasteiger partial charge in [0.05, 0.1) is 22.1 Å². The van der Waals surface area contributed by atoms with Crippen LogP contribution in [0.25, 0.3) is 98.9 Å². The summed E-state index contributed by atoms with van der Waals surface area (Å²) in [5.41, 5.74) is 15.0. The van der Waals surface area contributed by atoms with E-state index >= 15 is 0 Å². The number of rotatable bonds is 0. The zero-order valence-electron chi connectivity index (χ0n) is 24.9. The van der Waals surface area contributed by atoms with Crippen LogP contribution in [0.5, 0.6) is 0 Å². The van der Waals surface area contributed by atoms with Crippen LogP contribution in [-0.4, -0.2) is 15.8 Å². The van der Waals surface area contributed by atoms with Gasteiger partial charge in [0.25, 0.3) is 6.71 Å². The molecule has 214 valence electrons. The number of benzene rings is 7. The monoisotopic (exact) mass is 596 g/mol. The highest BCUT2D eigenvalue weighted by Gasteiger charge is 2.42. The van der Waals surface area contributed by atoms with Gasteiger partial charge < -0.3 is 18.0 Å². The first-order chi connectivity index (χ1) is 23.3. The largest absolute Gasteiger partial charge is 0.456 e. The zero-order valence-corrected chi connectivity index (χ0v) is 24.9. The molecule has 0 aliphatic carbocycles. The zero-order chi connectivity index (χ0) is 30.1. The van der Waals surface area contributed by atoms with Crippen LogP contribution in [0.3, 0.4) is 0 Å². The quantitative estimate of drug-likeness (QED) is 0.164. The molecule has 47 heavy (non-hydrogen) atoms. The van der Waals surface area contributed by atoms with Crippen molar-refractivity contribution in [2.75, 3.05) is 0 Å². The number of hydrogen-bond donors (Lipinski definition) is 0. The fourth-order valence-electron chi connectivity index (χ4n) is 9.45. The molecule has 0 spiro atoms. The Kier molecular flexibility index (Phi) is 3.75. The molecule has 4 aromatic heterocycles. The van der Waals surface area contributed by atoms with Crippen molar-refractivity contribution >= 4 is 111 Å². The summed E-state index contributed by atoms with van der Waals surface area (Å²) in [7, 11) is 0. The number of aromatic nitrogens is 2. The minimum atomic E-state index is -0.00458. The standard InChI is InChI=1S/C42H21BN2O2/c1-5-14-28-22(10-1)38-36-24-12-3-7-18-32(24)46-34(36)20-26-41(38)44(28)30-16-9-17-31-40(30)43(26)27-21-35-37(25-13-4-8-19-33(25)47-35)39-23-11-2-6-15-29(23)45(31)42(27)39/h1-21H. The van der Waals surface area contributed by atoms with Gasteiger partial charge in [-0.3, -0.25) is 0 Å². The van der Waals surface area contributed by atoms with Crippen LogP contribution < -0.4 is 16.4 Å². The normalized spacial score (nSPS) is 13.5. The smallest absolute Gasteiger partial charge is 0.252 e. The maximum atomic E-state index is 6.68. The topological polar surface area (TPSA) is 36.1 Å². The first-order valence-electron chi connectivity index (χ1n) is 16.2. The second kappa shape index (κ2) is 7.60. The first kappa shape index (κ1) is 23.2. The maximum Gasteiger partial charge on any atom is 0.252 e. The molecule has 0 bridgehead atoms. The molecule has 0 saturated heterocycles. The summed E-state index contributed by atoms with van der Waals surface area (Å²) in [5.74, 6) is 0. The third kappa shape index (κ3) is 2.47. The Balaban J connectivity index is 1.32. The van der Waals surface area contributed by atoms with Crippen molar-refractivity contribution in [3.8, 4) is 11.4 Å². The lowest BCUT2D eigenvalue weighted by Gasteiger charge is -2.33. The van der Waals surface area contributed by atoms with Crippen molar-refractivity contribution in [3.05, 3.63) is 127 Å². The second-order valence-electron chi connectivity index (χ2n) is 13.2. The molecule has 11 aromatic rings. The minimum Gasteiger partial charge on any atom is -0.456 e. The van der Waals surface area contributed by atoms with E-state index in [9.17, 15) is 0 Å². The van der Waals surface area contributed by atoms with E-state index in [1.165, 1.54) is 82.1 Å². The van der Waals surface area contributed by atoms with Gasteiger partial charge in [-0.05, 0) is 64.9 Å². The van der Waals surface area contributed by atoms with E-state index in [0.717, 1.165) is 33.1 Å². The molecule has 5 heteroatoms. The molecule has 0 atom stereocenters. The van der Waals surface area contributed by atoms with E-state index in [2.05, 4.69) is 137 Å². The SMILES string of the molecule is c1cc2c3c(c1)-n1c4ccccc4c4c5c(cc(c41)B3c1cc3oc4ccccc4c3c3c4ccccc4n-2c13)oc1ccccc15. The summed E-state index contributed by atoms with van der Waals surface area (Å²) in [6.07, 6.45) is 0. The summed E-state index contributed by atoms with van der Waals surface area (Å²) in [5, 5.41) is 9.73. The summed E-state index contributed by atoms with van der Waals surface area (Å²) in [6, 6.07) is 46.2. The number of para-hydroxylation sites is 4. The molecule has 0 amide bonds. The Morgan fingerprint density at radius 2 is 0.851 bits per heavy atom. The van der Waals surface area contributed by atoms with Crippen LogP contribution in [0.15, 0.2) is 136 Å². The molecule has 2 aliphatic heterocycles. The molecule has 7 aromatic carbocycles. The molecule has 4 nitrogen and oxygen atoms in total. The molecule has 13 rings (SSSR count). The van der Waals surface area contributed by atoms with Crippen molar-refractivity contribution in [1.82, 2.24) is 9.13 Å². The van der Waals surface area contributed by atoms with E-state index in [0.29, 0.717) is 0 Å². The van der Waals surface area contributed by atoms with Crippen LogP contribution in [0.2, 0.25) is 0 Å². The third-order valence-corrected chi connectivity index (χ3v) is 11.1. The average Bonchev–Trinajstić information content (AvgIpc) is 3.86. The van der Waals surface area contributed by atoms with E-state index in [4.69, 9.17) is 8.83 Å². The molecule has 0 unspecified atom stereocenters. The fraction of sp³-hybridized carbons (Fsp3) is 0. The van der Waals surface area contributed by atoms with Crippen LogP contribution in [0.4, 0.5) is 0 Å². The van der Waals surface area contributed by atoms with Crippen molar-refractivity contribution in [1.29, 1.82) is 0 Å². The summed E-state index contributed by atoms with van der Waals surface area (Å²) in [4.78, 5) is 0. The molecule has 0 saturated carbocycles. The first-order valence-corrected chi connectivity index (χ1v) is 16.2.